The number of ether oxygens (including phenoxy) is 2. The van der Waals surface area contributed by atoms with Crippen LogP contribution in [0.2, 0.25) is 0 Å². The minimum Gasteiger partial charge on any atom is -0.478 e. The average Bonchev–Trinajstić information content (AvgIpc) is 3.43. The molecule has 0 amide bonds. The largest absolute Gasteiger partial charge is 0.478 e. The van der Waals surface area contributed by atoms with Gasteiger partial charge in [0.15, 0.2) is 11.8 Å². The lowest BCUT2D eigenvalue weighted by Crippen LogP contribution is -2.08. The van der Waals surface area contributed by atoms with Crippen molar-refractivity contribution in [1.82, 2.24) is 0 Å². The Bertz CT molecular complexity index is 663. The molecule has 0 saturated carbocycles. The molecule has 27 heavy (non-hydrogen) atoms. The van der Waals surface area contributed by atoms with Gasteiger partial charge in [0.2, 0.25) is 0 Å². The van der Waals surface area contributed by atoms with Crippen LogP contribution in [0.25, 0.3) is 0 Å². The zero-order valence-electron chi connectivity index (χ0n) is 16.8. The van der Waals surface area contributed by atoms with Crippen molar-refractivity contribution in [3.63, 3.8) is 0 Å². The zero-order chi connectivity index (χ0) is 19.5. The van der Waals surface area contributed by atoms with E-state index in [4.69, 9.17) is 9.47 Å². The fourth-order valence-corrected chi connectivity index (χ4v) is 2.86. The molecule has 2 atom stereocenters. The maximum absolute atomic E-state index is 5.71. The van der Waals surface area contributed by atoms with Crippen LogP contribution in [-0.4, -0.2) is 25.0 Å². The van der Waals surface area contributed by atoms with Gasteiger partial charge in [0.25, 0.3) is 0 Å². The normalized spacial score (nSPS) is 20.0. The van der Waals surface area contributed by atoms with Gasteiger partial charge in [-0.15, -0.1) is 0 Å². The second-order valence-electron chi connectivity index (χ2n) is 5.70. The quantitative estimate of drug-likeness (QED) is 0.689. The Balaban J connectivity index is 0.000000614. The standard InChI is InChI=1S/C19H18N2O2.2C2H6/c1-3-7-14(8-4-1)16-12-22-18(20-16)11-19-21-17(13-23-19)15-9-5-2-6-10-15;2*1-2/h1-10,16-17H,11-13H2;2*1-2H3/t16-,17+;;. The summed E-state index contributed by atoms with van der Waals surface area (Å²) in [5.41, 5.74) is 2.36. The molecule has 0 saturated heterocycles. The van der Waals surface area contributed by atoms with Crippen molar-refractivity contribution in [2.24, 2.45) is 9.98 Å². The molecule has 2 aliphatic heterocycles. The lowest BCUT2D eigenvalue weighted by Gasteiger charge is -2.03. The Morgan fingerprint density at radius 1 is 0.667 bits per heavy atom. The van der Waals surface area contributed by atoms with Crippen molar-refractivity contribution in [3.8, 4) is 0 Å². The maximum atomic E-state index is 5.71. The number of hydrogen-bond donors (Lipinski definition) is 0. The summed E-state index contributed by atoms with van der Waals surface area (Å²) in [6.07, 6.45) is 0.534. The highest BCUT2D eigenvalue weighted by Gasteiger charge is 2.26. The highest BCUT2D eigenvalue weighted by atomic mass is 16.5. The van der Waals surface area contributed by atoms with E-state index >= 15 is 0 Å². The lowest BCUT2D eigenvalue weighted by atomic mass is 10.1. The molecule has 4 heteroatoms. The van der Waals surface area contributed by atoms with Gasteiger partial charge in [-0.1, -0.05) is 88.4 Å². The van der Waals surface area contributed by atoms with Crippen LogP contribution in [0.15, 0.2) is 70.6 Å². The topological polar surface area (TPSA) is 43.2 Å². The lowest BCUT2D eigenvalue weighted by molar-refractivity contribution is 0.300. The van der Waals surface area contributed by atoms with Crippen LogP contribution in [0, 0.1) is 0 Å². The Kier molecular flexibility index (Phi) is 8.56. The Labute approximate surface area is 163 Å². The van der Waals surface area contributed by atoms with Gasteiger partial charge in [-0.25, -0.2) is 9.98 Å². The molecule has 4 rings (SSSR count). The molecule has 2 aliphatic rings. The Morgan fingerprint density at radius 3 is 1.41 bits per heavy atom. The molecule has 0 fully saturated rings. The summed E-state index contributed by atoms with van der Waals surface area (Å²) in [7, 11) is 0. The van der Waals surface area contributed by atoms with Crippen molar-refractivity contribution in [2.45, 2.75) is 46.2 Å². The van der Waals surface area contributed by atoms with Gasteiger partial charge >= 0.3 is 0 Å². The summed E-state index contributed by atoms with van der Waals surface area (Å²) < 4.78 is 11.4. The Hall–Kier alpha value is -2.62. The molecule has 0 unspecified atom stereocenters. The van der Waals surface area contributed by atoms with E-state index in [1.807, 2.05) is 64.1 Å². The van der Waals surface area contributed by atoms with E-state index in [1.54, 1.807) is 0 Å². The summed E-state index contributed by atoms with van der Waals surface area (Å²) in [6, 6.07) is 20.6. The molecular weight excluding hydrogens is 336 g/mol. The van der Waals surface area contributed by atoms with Gasteiger partial charge in [-0.3, -0.25) is 0 Å². The van der Waals surface area contributed by atoms with Crippen LogP contribution < -0.4 is 0 Å². The number of rotatable bonds is 4. The molecule has 2 aromatic rings. The fraction of sp³-hybridized carbons (Fsp3) is 0.391. The summed E-state index contributed by atoms with van der Waals surface area (Å²) in [4.78, 5) is 9.31. The number of hydrogen-bond acceptors (Lipinski definition) is 4. The van der Waals surface area contributed by atoms with Gasteiger partial charge < -0.3 is 9.47 Å². The Morgan fingerprint density at radius 2 is 1.04 bits per heavy atom. The van der Waals surface area contributed by atoms with Crippen LogP contribution in [0.4, 0.5) is 0 Å². The summed E-state index contributed by atoms with van der Waals surface area (Å²) in [5.74, 6) is 1.43. The molecule has 0 spiro atoms. The minimum atomic E-state index is 0.0816. The molecule has 0 aromatic heterocycles. The number of aliphatic imine (C=N–C) groups is 2. The van der Waals surface area contributed by atoms with Gasteiger partial charge in [-0.2, -0.15) is 0 Å². The summed E-state index contributed by atoms with van der Waals surface area (Å²) in [6.45, 7) is 9.18. The van der Waals surface area contributed by atoms with E-state index in [2.05, 4.69) is 34.3 Å². The molecule has 0 bridgehead atoms. The van der Waals surface area contributed by atoms with Crippen molar-refractivity contribution in [2.75, 3.05) is 13.2 Å². The van der Waals surface area contributed by atoms with E-state index in [0.29, 0.717) is 31.4 Å². The predicted molar refractivity (Wildman–Crippen MR) is 112 cm³/mol. The number of nitrogens with zero attached hydrogens (tertiary/aromatic N) is 2. The monoisotopic (exact) mass is 366 g/mol. The van der Waals surface area contributed by atoms with Crippen molar-refractivity contribution in [3.05, 3.63) is 71.8 Å². The predicted octanol–water partition coefficient (Wildman–Crippen LogP) is 5.77. The van der Waals surface area contributed by atoms with E-state index < -0.39 is 0 Å². The van der Waals surface area contributed by atoms with E-state index in [0.717, 1.165) is 0 Å². The average molecular weight is 367 g/mol. The van der Waals surface area contributed by atoms with Crippen LogP contribution in [0.5, 0.6) is 0 Å². The number of benzene rings is 2. The first-order chi connectivity index (χ1) is 13.4. The zero-order valence-corrected chi connectivity index (χ0v) is 16.8. The summed E-state index contributed by atoms with van der Waals surface area (Å²) in [5, 5.41) is 0. The molecule has 0 aliphatic carbocycles. The molecule has 0 N–H and O–H groups in total. The highest BCUT2D eigenvalue weighted by Crippen LogP contribution is 2.26. The second kappa shape index (κ2) is 11.2. The molecule has 4 nitrogen and oxygen atoms in total. The molecule has 0 radical (unpaired) electrons. The second-order valence-corrected chi connectivity index (χ2v) is 5.70. The smallest absolute Gasteiger partial charge is 0.193 e. The van der Waals surface area contributed by atoms with Crippen molar-refractivity contribution >= 4 is 11.8 Å². The van der Waals surface area contributed by atoms with Crippen LogP contribution >= 0.6 is 0 Å². The van der Waals surface area contributed by atoms with E-state index in [-0.39, 0.29) is 12.1 Å². The molecule has 144 valence electrons. The third-order valence-corrected chi connectivity index (χ3v) is 4.09. The van der Waals surface area contributed by atoms with Crippen LogP contribution in [0.1, 0.15) is 57.3 Å². The third kappa shape index (κ3) is 5.68. The SMILES string of the molecule is CC.CC.c1ccc([C@@H]2COC(CC3=N[C@@H](c4ccccc4)CO3)=N2)cc1. The first-order valence-electron chi connectivity index (χ1n) is 9.87. The van der Waals surface area contributed by atoms with Crippen LogP contribution in [-0.2, 0) is 9.47 Å². The van der Waals surface area contributed by atoms with E-state index in [1.165, 1.54) is 11.1 Å². The van der Waals surface area contributed by atoms with Crippen molar-refractivity contribution < 1.29 is 9.47 Å². The van der Waals surface area contributed by atoms with Crippen molar-refractivity contribution in [1.29, 1.82) is 0 Å². The van der Waals surface area contributed by atoms with Gasteiger partial charge in [0.1, 0.15) is 25.3 Å². The van der Waals surface area contributed by atoms with E-state index in [9.17, 15) is 0 Å². The minimum absolute atomic E-state index is 0.0816. The first kappa shape index (κ1) is 20.7. The summed E-state index contributed by atoms with van der Waals surface area (Å²) >= 11 is 0. The van der Waals surface area contributed by atoms with Gasteiger partial charge in [-0.05, 0) is 11.1 Å². The molecular formula is C23H30N2O2. The molecule has 2 aromatic carbocycles. The highest BCUT2D eigenvalue weighted by molar-refractivity contribution is 5.98. The van der Waals surface area contributed by atoms with Crippen LogP contribution in [0.3, 0.4) is 0 Å². The van der Waals surface area contributed by atoms with Gasteiger partial charge in [0.05, 0.1) is 6.42 Å². The first-order valence-corrected chi connectivity index (χ1v) is 9.87. The maximum Gasteiger partial charge on any atom is 0.193 e. The van der Waals surface area contributed by atoms with Gasteiger partial charge in [0, 0.05) is 0 Å². The molecule has 2 heterocycles. The third-order valence-electron chi connectivity index (χ3n) is 4.09. The fourth-order valence-electron chi connectivity index (χ4n) is 2.86.